The molecule has 138 valence electrons. The molecule has 0 bridgehead atoms. The number of nitrogens with one attached hydrogen (secondary N) is 2. The summed E-state index contributed by atoms with van der Waals surface area (Å²) in [5, 5.41) is 6.15. The minimum atomic E-state index is -0.245. The van der Waals surface area contributed by atoms with Crippen molar-refractivity contribution in [3.05, 3.63) is 53.6 Å². The summed E-state index contributed by atoms with van der Waals surface area (Å²) in [6.45, 7) is 1.75. The number of hydrogen-bond acceptors (Lipinski definition) is 4. The minimum absolute atomic E-state index is 0.209. The van der Waals surface area contributed by atoms with E-state index in [1.807, 2.05) is 42.5 Å². The average Bonchev–Trinajstić information content (AvgIpc) is 2.67. The maximum Gasteiger partial charge on any atom is 0.314 e. The number of para-hydroxylation sites is 3. The fraction of sp³-hybridized carbons (Fsp3) is 0.316. The molecule has 1 aliphatic heterocycles. The topological polar surface area (TPSA) is 68.8 Å². The van der Waals surface area contributed by atoms with Gasteiger partial charge in [-0.3, -0.25) is 0 Å². The van der Waals surface area contributed by atoms with Gasteiger partial charge in [0.05, 0.1) is 18.2 Å². The van der Waals surface area contributed by atoms with Gasteiger partial charge >= 0.3 is 6.03 Å². The first kappa shape index (κ1) is 18.2. The van der Waals surface area contributed by atoms with Crippen LogP contribution in [0.3, 0.4) is 0 Å². The summed E-state index contributed by atoms with van der Waals surface area (Å²) in [7, 11) is 0. The molecule has 0 radical (unpaired) electrons. The Morgan fingerprint density at radius 1 is 1.12 bits per heavy atom. The highest BCUT2D eigenvalue weighted by Crippen LogP contribution is 2.30. The number of benzene rings is 2. The third kappa shape index (κ3) is 5.20. The van der Waals surface area contributed by atoms with Crippen LogP contribution in [0.15, 0.2) is 48.5 Å². The lowest BCUT2D eigenvalue weighted by atomic mass is 10.2. The second-order valence-corrected chi connectivity index (χ2v) is 6.17. The highest BCUT2D eigenvalue weighted by Gasteiger charge is 2.20. The molecule has 0 saturated heterocycles. The molecule has 26 heavy (non-hydrogen) atoms. The normalized spacial score (nSPS) is 15.2. The quantitative estimate of drug-likeness (QED) is 0.728. The molecule has 0 aliphatic carbocycles. The van der Waals surface area contributed by atoms with E-state index in [0.717, 1.165) is 5.75 Å². The maximum atomic E-state index is 11.8. The number of halogens is 1. The van der Waals surface area contributed by atoms with Crippen molar-refractivity contribution in [2.24, 2.45) is 0 Å². The summed E-state index contributed by atoms with van der Waals surface area (Å²) in [6.07, 6.45) is 0.467. The predicted octanol–water partition coefficient (Wildman–Crippen LogP) is 3.25. The van der Waals surface area contributed by atoms with Gasteiger partial charge in [-0.2, -0.15) is 0 Å². The Kier molecular flexibility index (Phi) is 6.44. The third-order valence-corrected chi connectivity index (χ3v) is 4.07. The van der Waals surface area contributed by atoms with Crippen LogP contribution in [-0.2, 0) is 0 Å². The Balaban J connectivity index is 1.29. The van der Waals surface area contributed by atoms with Crippen molar-refractivity contribution in [1.82, 2.24) is 10.6 Å². The van der Waals surface area contributed by atoms with Gasteiger partial charge in [-0.25, -0.2) is 4.79 Å². The second-order valence-electron chi connectivity index (χ2n) is 5.77. The van der Waals surface area contributed by atoms with E-state index in [1.54, 1.807) is 6.07 Å². The average molecular weight is 377 g/mol. The van der Waals surface area contributed by atoms with Gasteiger partial charge in [0, 0.05) is 6.54 Å². The number of carbonyl (C=O) groups excluding carboxylic acids is 1. The van der Waals surface area contributed by atoms with Gasteiger partial charge in [0.25, 0.3) is 0 Å². The fourth-order valence-electron chi connectivity index (χ4n) is 2.45. The Morgan fingerprint density at radius 2 is 1.88 bits per heavy atom. The van der Waals surface area contributed by atoms with Crippen LogP contribution < -0.4 is 24.8 Å². The van der Waals surface area contributed by atoms with Crippen molar-refractivity contribution >= 4 is 17.6 Å². The molecule has 0 fully saturated rings. The lowest BCUT2D eigenvalue weighted by Crippen LogP contribution is -2.44. The van der Waals surface area contributed by atoms with E-state index in [0.29, 0.717) is 49.2 Å². The highest BCUT2D eigenvalue weighted by molar-refractivity contribution is 6.32. The lowest BCUT2D eigenvalue weighted by molar-refractivity contribution is 0.0918. The first-order valence-corrected chi connectivity index (χ1v) is 8.87. The standard InChI is InChI=1S/C19H21ClN2O4/c20-15-6-1-2-7-16(15)24-11-5-10-21-19(23)22-12-14-13-25-17-8-3-4-9-18(17)26-14/h1-4,6-9,14H,5,10-13H2,(H2,21,22,23). The molecule has 1 atom stereocenters. The van der Waals surface area contributed by atoms with Gasteiger partial charge in [0.1, 0.15) is 12.4 Å². The van der Waals surface area contributed by atoms with E-state index < -0.39 is 0 Å². The number of urea groups is 1. The SMILES string of the molecule is O=C(NCCCOc1ccccc1Cl)NCC1COc2ccccc2O1. The number of ether oxygens (including phenoxy) is 3. The van der Waals surface area contributed by atoms with E-state index in [9.17, 15) is 4.79 Å². The molecule has 2 amide bonds. The van der Waals surface area contributed by atoms with Gasteiger partial charge < -0.3 is 24.8 Å². The van der Waals surface area contributed by atoms with E-state index in [2.05, 4.69) is 10.6 Å². The number of amides is 2. The molecular weight excluding hydrogens is 356 g/mol. The van der Waals surface area contributed by atoms with Gasteiger partial charge in [-0.05, 0) is 30.7 Å². The molecule has 0 aromatic heterocycles. The van der Waals surface area contributed by atoms with Gasteiger partial charge in [-0.1, -0.05) is 35.9 Å². The predicted molar refractivity (Wildman–Crippen MR) is 99.3 cm³/mol. The molecule has 1 heterocycles. The molecule has 2 aromatic rings. The van der Waals surface area contributed by atoms with Gasteiger partial charge in [0.15, 0.2) is 17.6 Å². The largest absolute Gasteiger partial charge is 0.492 e. The molecular formula is C19H21ClN2O4. The van der Waals surface area contributed by atoms with Crippen LogP contribution in [0.1, 0.15) is 6.42 Å². The van der Waals surface area contributed by atoms with Crippen LogP contribution >= 0.6 is 11.6 Å². The first-order valence-electron chi connectivity index (χ1n) is 8.50. The summed E-state index contributed by atoms with van der Waals surface area (Å²) in [5.41, 5.74) is 0. The van der Waals surface area contributed by atoms with Crippen molar-refractivity contribution in [3.8, 4) is 17.2 Å². The highest BCUT2D eigenvalue weighted by atomic mass is 35.5. The van der Waals surface area contributed by atoms with Crippen molar-refractivity contribution in [2.75, 3.05) is 26.3 Å². The molecule has 6 nitrogen and oxygen atoms in total. The van der Waals surface area contributed by atoms with Crippen molar-refractivity contribution in [1.29, 1.82) is 0 Å². The van der Waals surface area contributed by atoms with Gasteiger partial charge in [0.2, 0.25) is 0 Å². The third-order valence-electron chi connectivity index (χ3n) is 3.76. The van der Waals surface area contributed by atoms with Crippen LogP contribution in [-0.4, -0.2) is 38.4 Å². The van der Waals surface area contributed by atoms with Crippen molar-refractivity contribution in [2.45, 2.75) is 12.5 Å². The molecule has 7 heteroatoms. The van der Waals surface area contributed by atoms with Crippen LogP contribution in [0.25, 0.3) is 0 Å². The van der Waals surface area contributed by atoms with Crippen LogP contribution in [0.2, 0.25) is 5.02 Å². The second kappa shape index (κ2) is 9.20. The maximum absolute atomic E-state index is 11.8. The molecule has 3 rings (SSSR count). The summed E-state index contributed by atoms with van der Waals surface area (Å²) in [5.74, 6) is 2.07. The summed E-state index contributed by atoms with van der Waals surface area (Å²) >= 11 is 6.01. The minimum Gasteiger partial charge on any atom is -0.492 e. The molecule has 2 N–H and O–H groups in total. The van der Waals surface area contributed by atoms with E-state index >= 15 is 0 Å². The zero-order chi connectivity index (χ0) is 18.2. The van der Waals surface area contributed by atoms with Crippen LogP contribution in [0.4, 0.5) is 4.79 Å². The molecule has 1 unspecified atom stereocenters. The van der Waals surface area contributed by atoms with Crippen LogP contribution in [0, 0.1) is 0 Å². The molecule has 0 saturated carbocycles. The van der Waals surface area contributed by atoms with Crippen molar-refractivity contribution in [3.63, 3.8) is 0 Å². The van der Waals surface area contributed by atoms with Crippen molar-refractivity contribution < 1.29 is 19.0 Å². The van der Waals surface area contributed by atoms with E-state index in [-0.39, 0.29) is 12.1 Å². The number of rotatable bonds is 7. The Hall–Kier alpha value is -2.60. The van der Waals surface area contributed by atoms with Crippen LogP contribution in [0.5, 0.6) is 17.2 Å². The number of hydrogen-bond donors (Lipinski definition) is 2. The molecule has 1 aliphatic rings. The lowest BCUT2D eigenvalue weighted by Gasteiger charge is -2.26. The smallest absolute Gasteiger partial charge is 0.314 e. The zero-order valence-electron chi connectivity index (χ0n) is 14.2. The Labute approximate surface area is 157 Å². The summed E-state index contributed by atoms with van der Waals surface area (Å²) in [4.78, 5) is 11.8. The zero-order valence-corrected chi connectivity index (χ0v) is 15.0. The Bertz CT molecular complexity index is 741. The monoisotopic (exact) mass is 376 g/mol. The summed E-state index contributed by atoms with van der Waals surface area (Å²) in [6, 6.07) is 14.5. The van der Waals surface area contributed by atoms with Gasteiger partial charge in [-0.15, -0.1) is 0 Å². The first-order chi connectivity index (χ1) is 12.7. The van der Waals surface area contributed by atoms with E-state index in [1.165, 1.54) is 0 Å². The molecule has 0 spiro atoms. The summed E-state index contributed by atoms with van der Waals surface area (Å²) < 4.78 is 17.0. The van der Waals surface area contributed by atoms with E-state index in [4.69, 9.17) is 25.8 Å². The Morgan fingerprint density at radius 3 is 2.73 bits per heavy atom. The molecule has 2 aromatic carbocycles. The number of carbonyl (C=O) groups is 1. The number of fused-ring (bicyclic) bond motifs is 1. The fourth-order valence-corrected chi connectivity index (χ4v) is 2.64.